The van der Waals surface area contributed by atoms with Crippen molar-refractivity contribution in [2.24, 2.45) is 0 Å². The van der Waals surface area contributed by atoms with Crippen LogP contribution < -0.4 is 9.97 Å². The smallest absolute Gasteiger partial charge is 0.126 e. The van der Waals surface area contributed by atoms with Crippen LogP contribution in [0.1, 0.15) is 12.8 Å². The van der Waals surface area contributed by atoms with E-state index in [0.717, 1.165) is 18.4 Å². The molecule has 0 saturated carbocycles. The summed E-state index contributed by atoms with van der Waals surface area (Å²) >= 11 is 0. The maximum Gasteiger partial charge on any atom is 0.126 e. The zero-order valence-electron chi connectivity index (χ0n) is 12.5. The van der Waals surface area contributed by atoms with Gasteiger partial charge in [0.1, 0.15) is 14.0 Å². The lowest BCUT2D eigenvalue weighted by atomic mass is 10.2. The SMILES string of the molecule is Oc1ccccc1[P@@]1N(c2ccccc2)C[C@@H]2CCCN21.[B]. The summed E-state index contributed by atoms with van der Waals surface area (Å²) in [6.07, 6.45) is 2.55. The van der Waals surface area contributed by atoms with Crippen LogP contribution in [0.15, 0.2) is 54.6 Å². The summed E-state index contributed by atoms with van der Waals surface area (Å²) in [5.41, 5.74) is 1.27. The lowest BCUT2D eigenvalue weighted by Gasteiger charge is -2.31. The van der Waals surface area contributed by atoms with Crippen molar-refractivity contribution < 1.29 is 5.11 Å². The molecule has 2 atom stereocenters. The number of hydrogen-bond acceptors (Lipinski definition) is 3. The molecule has 5 heteroatoms. The first-order valence-corrected chi connectivity index (χ1v) is 8.76. The van der Waals surface area contributed by atoms with E-state index in [1.54, 1.807) is 0 Å². The molecule has 2 aliphatic rings. The van der Waals surface area contributed by atoms with E-state index in [4.69, 9.17) is 0 Å². The van der Waals surface area contributed by atoms with Crippen molar-refractivity contribution in [1.29, 1.82) is 0 Å². The van der Waals surface area contributed by atoms with E-state index in [1.807, 2.05) is 18.2 Å². The van der Waals surface area contributed by atoms with E-state index in [0.29, 0.717) is 11.8 Å². The van der Waals surface area contributed by atoms with Gasteiger partial charge in [0.15, 0.2) is 0 Å². The molecule has 0 spiro atoms. The fraction of sp³-hybridized carbons (Fsp3) is 0.294. The highest BCUT2D eigenvalue weighted by atomic mass is 31.1. The molecule has 111 valence electrons. The molecule has 0 bridgehead atoms. The third-order valence-corrected chi connectivity index (χ3v) is 7.03. The minimum atomic E-state index is -0.624. The number of nitrogens with zero attached hydrogens (tertiary/aromatic N) is 2. The fourth-order valence-electron chi connectivity index (χ4n) is 3.39. The van der Waals surface area contributed by atoms with Gasteiger partial charge in [-0.3, -0.25) is 4.67 Å². The standard InChI is InChI=1S/C17H19N2OP.B/c20-16-10-4-5-11-17(16)21-18-12-6-9-15(18)13-19(21)14-7-2-1-3-8-14;/h1-5,7-8,10-11,15,20H,6,9,12-13H2;/t15-,21+;/m0./s1. The number of fused-ring (bicyclic) bond motifs is 1. The van der Waals surface area contributed by atoms with Crippen LogP contribution in [-0.4, -0.2) is 37.3 Å². The van der Waals surface area contributed by atoms with Gasteiger partial charge in [-0.2, -0.15) is 0 Å². The summed E-state index contributed by atoms with van der Waals surface area (Å²) < 4.78 is 5.10. The predicted octanol–water partition coefficient (Wildman–Crippen LogP) is 2.93. The Labute approximate surface area is 135 Å². The molecule has 1 N–H and O–H groups in total. The van der Waals surface area contributed by atoms with Crippen LogP contribution >= 0.6 is 8.22 Å². The van der Waals surface area contributed by atoms with Gasteiger partial charge in [0.25, 0.3) is 0 Å². The summed E-state index contributed by atoms with van der Waals surface area (Å²) in [5.74, 6) is 0.428. The average molecular weight is 309 g/mol. The lowest BCUT2D eigenvalue weighted by molar-refractivity contribution is 0.464. The van der Waals surface area contributed by atoms with Crippen molar-refractivity contribution in [3.05, 3.63) is 54.6 Å². The van der Waals surface area contributed by atoms with Gasteiger partial charge in [0.05, 0.1) is 5.30 Å². The van der Waals surface area contributed by atoms with Crippen molar-refractivity contribution in [3.63, 3.8) is 0 Å². The first-order chi connectivity index (χ1) is 10.3. The Kier molecular flexibility index (Phi) is 4.42. The Morgan fingerprint density at radius 1 is 1.00 bits per heavy atom. The van der Waals surface area contributed by atoms with Crippen molar-refractivity contribution in [1.82, 2.24) is 4.67 Å². The Morgan fingerprint density at radius 3 is 2.50 bits per heavy atom. The summed E-state index contributed by atoms with van der Waals surface area (Å²) in [5, 5.41) is 11.4. The van der Waals surface area contributed by atoms with Crippen molar-refractivity contribution in [2.45, 2.75) is 18.9 Å². The number of para-hydroxylation sites is 2. The summed E-state index contributed by atoms with van der Waals surface area (Å²) in [6.45, 7) is 2.22. The molecular formula is C17H19BN2OP. The Balaban J connectivity index is 0.00000144. The molecule has 0 aromatic heterocycles. The predicted molar refractivity (Wildman–Crippen MR) is 93.9 cm³/mol. The number of aromatic hydroxyl groups is 1. The monoisotopic (exact) mass is 309 g/mol. The van der Waals surface area contributed by atoms with Crippen LogP contribution in [0.5, 0.6) is 5.75 Å². The molecule has 3 radical (unpaired) electrons. The molecule has 4 rings (SSSR count). The molecule has 0 unspecified atom stereocenters. The van der Waals surface area contributed by atoms with E-state index in [2.05, 4.69) is 45.7 Å². The molecule has 0 aliphatic carbocycles. The highest BCUT2D eigenvalue weighted by Gasteiger charge is 2.44. The first kappa shape index (κ1) is 15.4. The van der Waals surface area contributed by atoms with E-state index in [9.17, 15) is 5.11 Å². The maximum absolute atomic E-state index is 10.3. The third kappa shape index (κ3) is 2.51. The summed E-state index contributed by atoms with van der Waals surface area (Å²) in [4.78, 5) is 0. The second-order valence-electron chi connectivity index (χ2n) is 5.65. The number of phenols is 1. The minimum Gasteiger partial charge on any atom is -0.507 e. The van der Waals surface area contributed by atoms with Gasteiger partial charge in [-0.25, -0.2) is 0 Å². The Hall–Kier alpha value is -1.51. The van der Waals surface area contributed by atoms with Crippen LogP contribution in [0.3, 0.4) is 0 Å². The zero-order chi connectivity index (χ0) is 14.2. The van der Waals surface area contributed by atoms with Crippen LogP contribution in [-0.2, 0) is 0 Å². The van der Waals surface area contributed by atoms with Crippen LogP contribution in [0, 0.1) is 0 Å². The van der Waals surface area contributed by atoms with E-state index < -0.39 is 8.22 Å². The molecule has 2 aliphatic heterocycles. The van der Waals surface area contributed by atoms with Gasteiger partial charge in [-0.05, 0) is 37.1 Å². The number of phenolic OH excluding ortho intramolecular Hbond substituents is 1. The lowest BCUT2D eigenvalue weighted by Crippen LogP contribution is -2.23. The Bertz CT molecular complexity index is 640. The van der Waals surface area contributed by atoms with Crippen molar-refractivity contribution >= 4 is 27.6 Å². The Morgan fingerprint density at radius 2 is 1.73 bits per heavy atom. The zero-order valence-corrected chi connectivity index (χ0v) is 13.4. The van der Waals surface area contributed by atoms with Gasteiger partial charge in [-0.15, -0.1) is 0 Å². The molecule has 2 saturated heterocycles. The number of hydrogen-bond donors (Lipinski definition) is 1. The normalized spacial score (nSPS) is 24.1. The second-order valence-corrected chi connectivity index (χ2v) is 7.71. The second kappa shape index (κ2) is 6.32. The number of anilines is 1. The van der Waals surface area contributed by atoms with Gasteiger partial charge in [0, 0.05) is 33.2 Å². The fourth-order valence-corrected chi connectivity index (χ4v) is 6.22. The maximum atomic E-state index is 10.3. The van der Waals surface area contributed by atoms with Crippen LogP contribution in [0.4, 0.5) is 5.69 Å². The van der Waals surface area contributed by atoms with Gasteiger partial charge in [0.2, 0.25) is 0 Å². The summed E-state index contributed by atoms with van der Waals surface area (Å²) in [7, 11) is -0.624. The molecule has 0 amide bonds. The quantitative estimate of drug-likeness (QED) is 0.682. The largest absolute Gasteiger partial charge is 0.507 e. The molecule has 2 aromatic rings. The topological polar surface area (TPSA) is 26.7 Å². The van der Waals surface area contributed by atoms with Crippen LogP contribution in [0.25, 0.3) is 0 Å². The summed E-state index contributed by atoms with van der Waals surface area (Å²) in [6, 6.07) is 19.1. The van der Waals surface area contributed by atoms with E-state index in [-0.39, 0.29) is 8.41 Å². The van der Waals surface area contributed by atoms with Crippen molar-refractivity contribution in [2.75, 3.05) is 17.8 Å². The average Bonchev–Trinajstić information content (AvgIpc) is 3.10. The van der Waals surface area contributed by atoms with E-state index in [1.165, 1.54) is 18.5 Å². The molecular weight excluding hydrogens is 290 g/mol. The van der Waals surface area contributed by atoms with E-state index >= 15 is 0 Å². The first-order valence-electron chi connectivity index (χ1n) is 7.52. The number of benzene rings is 2. The highest BCUT2D eigenvalue weighted by Crippen LogP contribution is 2.56. The molecule has 22 heavy (non-hydrogen) atoms. The van der Waals surface area contributed by atoms with Gasteiger partial charge < -0.3 is 9.78 Å². The molecule has 2 aromatic carbocycles. The third-order valence-electron chi connectivity index (χ3n) is 4.35. The van der Waals surface area contributed by atoms with Crippen molar-refractivity contribution in [3.8, 4) is 5.75 Å². The molecule has 3 nitrogen and oxygen atoms in total. The number of rotatable bonds is 2. The highest BCUT2D eigenvalue weighted by molar-refractivity contribution is 7.65. The molecule has 2 fully saturated rings. The van der Waals surface area contributed by atoms with Gasteiger partial charge >= 0.3 is 0 Å². The minimum absolute atomic E-state index is 0. The molecule has 2 heterocycles. The van der Waals surface area contributed by atoms with Gasteiger partial charge in [-0.1, -0.05) is 30.3 Å². The van der Waals surface area contributed by atoms with Crippen LogP contribution in [0.2, 0.25) is 0 Å².